The van der Waals surface area contributed by atoms with Gasteiger partial charge in [-0.25, -0.2) is 4.39 Å². The summed E-state index contributed by atoms with van der Waals surface area (Å²) in [5, 5.41) is 14.9. The Balaban J connectivity index is 2.27. The number of rotatable bonds is 9. The molecule has 1 heterocycles. The number of carboxylic acids is 1. The number of halogens is 1. The number of aryl methyl sites for hydroxylation is 2. The molecule has 162 valence electrons. The lowest BCUT2D eigenvalue weighted by atomic mass is 9.93. The Morgan fingerprint density at radius 3 is 2.30 bits per heavy atom. The van der Waals surface area contributed by atoms with Crippen molar-refractivity contribution in [3.05, 3.63) is 29.8 Å². The van der Waals surface area contributed by atoms with Gasteiger partial charge in [-0.2, -0.15) is 0 Å². The number of nitrogens with one attached hydrogen (secondary N) is 2. The third kappa shape index (κ3) is 4.84. The maximum absolute atomic E-state index is 13.0. The van der Waals surface area contributed by atoms with E-state index in [1.807, 2.05) is 31.2 Å². The van der Waals surface area contributed by atoms with E-state index in [1.165, 1.54) is 0 Å². The zero-order valence-electron chi connectivity index (χ0n) is 17.4. The molecule has 8 nitrogen and oxygen atoms in total. The highest BCUT2D eigenvalue weighted by molar-refractivity contribution is 6.09. The van der Waals surface area contributed by atoms with Crippen molar-refractivity contribution < 1.29 is 28.7 Å². The fourth-order valence-corrected chi connectivity index (χ4v) is 3.45. The molecule has 0 aliphatic heterocycles. The zero-order chi connectivity index (χ0) is 22.6. The van der Waals surface area contributed by atoms with Gasteiger partial charge in [-0.1, -0.05) is 32.0 Å². The Morgan fingerprint density at radius 2 is 1.77 bits per heavy atom. The van der Waals surface area contributed by atoms with E-state index in [-0.39, 0.29) is 0 Å². The van der Waals surface area contributed by atoms with Crippen molar-refractivity contribution in [3.8, 4) is 0 Å². The van der Waals surface area contributed by atoms with Crippen molar-refractivity contribution in [1.29, 1.82) is 0 Å². The van der Waals surface area contributed by atoms with Crippen LogP contribution in [0.4, 0.5) is 10.2 Å². The highest BCUT2D eigenvalue weighted by atomic mass is 19.1. The molecule has 0 spiro atoms. The van der Waals surface area contributed by atoms with Crippen molar-refractivity contribution in [2.24, 2.45) is 18.9 Å². The summed E-state index contributed by atoms with van der Waals surface area (Å²) in [6.07, 6.45) is -0.761. The van der Waals surface area contributed by atoms with Gasteiger partial charge >= 0.3 is 5.97 Å². The first-order chi connectivity index (χ1) is 14.1. The first-order valence-corrected chi connectivity index (χ1v) is 9.54. The summed E-state index contributed by atoms with van der Waals surface area (Å²) in [4.78, 5) is 48.3. The molecule has 0 saturated heterocycles. The number of carbonyl (C=O) groups is 4. The lowest BCUT2D eigenvalue weighted by molar-refractivity contribution is -0.141. The Labute approximate surface area is 173 Å². The average molecular weight is 419 g/mol. The van der Waals surface area contributed by atoms with Gasteiger partial charge in [-0.15, -0.1) is 0 Å². The molecule has 0 radical (unpaired) electrons. The summed E-state index contributed by atoms with van der Waals surface area (Å²) in [7, 11) is 1.79. The Kier molecular flexibility index (Phi) is 7.31. The minimum Gasteiger partial charge on any atom is -0.481 e. The SMILES string of the molecule is Cc1c(NC(=O)[C@H](C(=O)NC(CC(=O)O)C(=O)CF)C(C)C)n(C)c2ccccc12. The smallest absolute Gasteiger partial charge is 0.305 e. The second-order valence-electron chi connectivity index (χ2n) is 7.52. The average Bonchev–Trinajstić information content (AvgIpc) is 2.91. The summed E-state index contributed by atoms with van der Waals surface area (Å²) < 4.78 is 14.6. The molecule has 0 aliphatic carbocycles. The molecule has 0 saturated carbocycles. The number of aliphatic carboxylic acids is 1. The third-order valence-corrected chi connectivity index (χ3v) is 5.05. The molecule has 30 heavy (non-hydrogen) atoms. The second-order valence-corrected chi connectivity index (χ2v) is 7.52. The molecule has 2 amide bonds. The first kappa shape index (κ1) is 23.1. The maximum atomic E-state index is 13.0. The molecule has 0 fully saturated rings. The number of amides is 2. The zero-order valence-corrected chi connectivity index (χ0v) is 17.4. The molecule has 1 aromatic carbocycles. The lowest BCUT2D eigenvalue weighted by Crippen LogP contribution is -2.49. The highest BCUT2D eigenvalue weighted by Crippen LogP contribution is 2.29. The van der Waals surface area contributed by atoms with Crippen LogP contribution in [0, 0.1) is 18.8 Å². The van der Waals surface area contributed by atoms with E-state index in [0.717, 1.165) is 16.5 Å². The lowest BCUT2D eigenvalue weighted by Gasteiger charge is -2.23. The van der Waals surface area contributed by atoms with E-state index < -0.39 is 54.5 Å². The van der Waals surface area contributed by atoms with Crippen LogP contribution in [0.15, 0.2) is 24.3 Å². The topological polar surface area (TPSA) is 118 Å². The molecule has 2 aromatic rings. The summed E-state index contributed by atoms with van der Waals surface area (Å²) in [6.45, 7) is 3.75. The molecule has 1 unspecified atom stereocenters. The van der Waals surface area contributed by atoms with Gasteiger partial charge in [0.05, 0.1) is 6.42 Å². The van der Waals surface area contributed by atoms with E-state index in [1.54, 1.807) is 25.5 Å². The first-order valence-electron chi connectivity index (χ1n) is 9.54. The highest BCUT2D eigenvalue weighted by Gasteiger charge is 2.34. The van der Waals surface area contributed by atoms with Crippen molar-refractivity contribution >= 4 is 40.3 Å². The summed E-state index contributed by atoms with van der Waals surface area (Å²) in [5.74, 6) is -4.97. The number of aromatic nitrogens is 1. The van der Waals surface area contributed by atoms with Crippen LogP contribution >= 0.6 is 0 Å². The molecular formula is C21H26FN3O5. The van der Waals surface area contributed by atoms with Gasteiger partial charge < -0.3 is 20.3 Å². The second kappa shape index (κ2) is 9.51. The van der Waals surface area contributed by atoms with Crippen molar-refractivity contribution in [2.45, 2.75) is 33.2 Å². The molecule has 0 aliphatic rings. The number of alkyl halides is 1. The van der Waals surface area contributed by atoms with Crippen LogP contribution < -0.4 is 10.6 Å². The predicted octanol–water partition coefficient (Wildman–Crippen LogP) is 2.20. The van der Waals surface area contributed by atoms with Gasteiger partial charge in [0, 0.05) is 18.0 Å². The number of anilines is 1. The van der Waals surface area contributed by atoms with Crippen LogP contribution in [0.25, 0.3) is 10.9 Å². The maximum Gasteiger partial charge on any atom is 0.305 e. The molecular weight excluding hydrogens is 393 g/mol. The van der Waals surface area contributed by atoms with Crippen LogP contribution in [0.2, 0.25) is 0 Å². The molecule has 3 N–H and O–H groups in total. The Hall–Kier alpha value is -3.23. The van der Waals surface area contributed by atoms with Crippen LogP contribution in [0.1, 0.15) is 25.8 Å². The molecule has 1 aromatic heterocycles. The fourth-order valence-electron chi connectivity index (χ4n) is 3.45. The molecule has 2 atom stereocenters. The van der Waals surface area contributed by atoms with E-state index in [2.05, 4.69) is 10.6 Å². The summed E-state index contributed by atoms with van der Waals surface area (Å²) in [6, 6.07) is 6.06. The fraction of sp³-hybridized carbons (Fsp3) is 0.429. The number of hydrogen-bond donors (Lipinski definition) is 3. The summed E-state index contributed by atoms with van der Waals surface area (Å²) >= 11 is 0. The van der Waals surface area contributed by atoms with Gasteiger partial charge in [-0.3, -0.25) is 19.2 Å². The molecule has 0 bridgehead atoms. The van der Waals surface area contributed by atoms with E-state index in [4.69, 9.17) is 5.11 Å². The van der Waals surface area contributed by atoms with Crippen molar-refractivity contribution in [3.63, 3.8) is 0 Å². The standard InChI is InChI=1S/C21H26FN3O5/c1-11(2)18(20(29)23-14(9-17(27)28)16(26)10-22)21(30)24-19-12(3)13-7-5-6-8-15(13)25(19)4/h5-8,11,14,18H,9-10H2,1-4H3,(H,23,29)(H,24,30)(H,27,28)/t14?,18-/m0/s1. The number of carbonyl (C=O) groups excluding carboxylic acids is 3. The quantitative estimate of drug-likeness (QED) is 0.539. The van der Waals surface area contributed by atoms with Crippen LogP contribution in [-0.4, -0.2) is 46.0 Å². The minimum absolute atomic E-state index is 0.453. The monoisotopic (exact) mass is 419 g/mol. The number of Topliss-reactive ketones (excluding diaryl/α,β-unsaturated/α-hetero) is 1. The largest absolute Gasteiger partial charge is 0.481 e. The van der Waals surface area contributed by atoms with Crippen LogP contribution in [0.5, 0.6) is 0 Å². The third-order valence-electron chi connectivity index (χ3n) is 5.05. The van der Waals surface area contributed by atoms with E-state index >= 15 is 0 Å². The number of para-hydroxylation sites is 1. The normalized spacial score (nSPS) is 13.1. The van der Waals surface area contributed by atoms with Crippen molar-refractivity contribution in [2.75, 3.05) is 12.0 Å². The van der Waals surface area contributed by atoms with Gasteiger partial charge in [0.2, 0.25) is 11.8 Å². The Bertz CT molecular complexity index is 943. The number of ketones is 1. The minimum atomic E-state index is -1.53. The Morgan fingerprint density at radius 1 is 1.13 bits per heavy atom. The van der Waals surface area contributed by atoms with Gasteiger partial charge in [0.25, 0.3) is 0 Å². The predicted molar refractivity (Wildman–Crippen MR) is 110 cm³/mol. The van der Waals surface area contributed by atoms with Gasteiger partial charge in [-0.05, 0) is 24.5 Å². The number of fused-ring (bicyclic) bond motifs is 1. The molecule has 2 rings (SSSR count). The number of carboxylic acid groups (broad SMARTS) is 1. The van der Waals surface area contributed by atoms with Gasteiger partial charge in [0.1, 0.15) is 24.5 Å². The number of benzene rings is 1. The van der Waals surface area contributed by atoms with Gasteiger partial charge in [0.15, 0.2) is 5.78 Å². The molecule has 9 heteroatoms. The number of nitrogens with zero attached hydrogens (tertiary/aromatic N) is 1. The van der Waals surface area contributed by atoms with E-state index in [9.17, 15) is 23.6 Å². The van der Waals surface area contributed by atoms with Crippen LogP contribution in [0.3, 0.4) is 0 Å². The summed E-state index contributed by atoms with van der Waals surface area (Å²) in [5.41, 5.74) is 1.74. The number of hydrogen-bond acceptors (Lipinski definition) is 4. The van der Waals surface area contributed by atoms with Crippen LogP contribution in [-0.2, 0) is 26.2 Å². The van der Waals surface area contributed by atoms with E-state index in [0.29, 0.717) is 5.82 Å². The van der Waals surface area contributed by atoms with Crippen molar-refractivity contribution in [1.82, 2.24) is 9.88 Å².